The van der Waals surface area contributed by atoms with E-state index >= 15 is 0 Å². The Bertz CT molecular complexity index is 269. The summed E-state index contributed by atoms with van der Waals surface area (Å²) in [6, 6.07) is 0.246. The summed E-state index contributed by atoms with van der Waals surface area (Å²) in [5, 5.41) is 3.32. The Hall–Kier alpha value is -0.650. The van der Waals surface area contributed by atoms with Crippen LogP contribution in [0.3, 0.4) is 0 Å². The number of rotatable bonds is 9. The number of carbonyl (C=O) groups excluding carboxylic acids is 1. The van der Waals surface area contributed by atoms with Crippen LogP contribution in [0.15, 0.2) is 0 Å². The quantitative estimate of drug-likeness (QED) is 0.630. The lowest BCUT2D eigenvalue weighted by Crippen LogP contribution is -2.54. The fraction of sp³-hybridized carbons (Fsp3) is 0.929. The second-order valence-corrected chi connectivity index (χ2v) is 5.98. The van der Waals surface area contributed by atoms with Crippen LogP contribution in [-0.4, -0.2) is 75.2 Å². The van der Waals surface area contributed by atoms with E-state index in [4.69, 9.17) is 4.74 Å². The number of likely N-dealkylation sites (N-methyl/N-ethyl adjacent to an activating group) is 2. The molecule has 0 aromatic carbocycles. The number of nitrogens with zero attached hydrogens (tertiary/aromatic N) is 2. The third-order valence-electron chi connectivity index (χ3n) is 3.17. The molecule has 5 heteroatoms. The lowest BCUT2D eigenvalue weighted by Gasteiger charge is -2.32. The fourth-order valence-electron chi connectivity index (χ4n) is 1.99. The van der Waals surface area contributed by atoms with Crippen molar-refractivity contribution in [1.29, 1.82) is 0 Å². The molecular weight excluding hydrogens is 242 g/mol. The van der Waals surface area contributed by atoms with Crippen LogP contribution >= 0.6 is 0 Å². The Labute approximate surface area is 118 Å². The molecular formula is C14H31N3O2. The lowest BCUT2D eigenvalue weighted by molar-refractivity contribution is -0.148. The van der Waals surface area contributed by atoms with Gasteiger partial charge in [0.2, 0.25) is 0 Å². The molecule has 0 radical (unpaired) electrons. The Kier molecular flexibility index (Phi) is 8.22. The van der Waals surface area contributed by atoms with Crippen molar-refractivity contribution in [2.45, 2.75) is 38.8 Å². The zero-order valence-electron chi connectivity index (χ0n) is 13.6. The van der Waals surface area contributed by atoms with Gasteiger partial charge >= 0.3 is 5.97 Å². The first-order valence-corrected chi connectivity index (χ1v) is 6.90. The number of methoxy groups -OCH3 is 1. The minimum absolute atomic E-state index is 0.192. The number of nitrogens with one attached hydrogen (secondary N) is 1. The molecule has 0 saturated heterocycles. The predicted octanol–water partition coefficient (Wildman–Crippen LogP) is 0.800. The molecule has 0 bridgehead atoms. The zero-order valence-corrected chi connectivity index (χ0v) is 13.6. The third-order valence-corrected chi connectivity index (χ3v) is 3.17. The molecule has 0 aliphatic carbocycles. The van der Waals surface area contributed by atoms with E-state index in [0.717, 1.165) is 26.1 Å². The molecule has 1 unspecified atom stereocenters. The van der Waals surface area contributed by atoms with Gasteiger partial charge < -0.3 is 14.5 Å². The van der Waals surface area contributed by atoms with Crippen LogP contribution in [0.25, 0.3) is 0 Å². The fourth-order valence-corrected chi connectivity index (χ4v) is 1.99. The number of carbonyl (C=O) groups is 1. The smallest absolute Gasteiger partial charge is 0.325 e. The molecule has 1 atom stereocenters. The van der Waals surface area contributed by atoms with Crippen LogP contribution in [-0.2, 0) is 9.53 Å². The second-order valence-electron chi connectivity index (χ2n) is 5.98. The van der Waals surface area contributed by atoms with Crippen LogP contribution in [0, 0.1) is 0 Å². The van der Waals surface area contributed by atoms with E-state index in [0.29, 0.717) is 0 Å². The first-order chi connectivity index (χ1) is 8.71. The monoisotopic (exact) mass is 273 g/mol. The largest absolute Gasteiger partial charge is 0.468 e. The topological polar surface area (TPSA) is 44.8 Å². The summed E-state index contributed by atoms with van der Waals surface area (Å²) in [4.78, 5) is 16.3. The molecule has 0 rings (SSSR count). The molecule has 5 nitrogen and oxygen atoms in total. The summed E-state index contributed by atoms with van der Waals surface area (Å²) in [6.07, 6.45) is 0.738. The first kappa shape index (κ1) is 18.4. The summed E-state index contributed by atoms with van der Waals surface area (Å²) in [5.41, 5.74) is -0.616. The molecule has 114 valence electrons. The predicted molar refractivity (Wildman–Crippen MR) is 79.4 cm³/mol. The molecule has 0 aliphatic rings. The van der Waals surface area contributed by atoms with Gasteiger partial charge in [-0.3, -0.25) is 10.1 Å². The van der Waals surface area contributed by atoms with E-state index in [1.54, 1.807) is 0 Å². The zero-order chi connectivity index (χ0) is 15.1. The molecule has 1 N–H and O–H groups in total. The van der Waals surface area contributed by atoms with Gasteiger partial charge in [0.05, 0.1) is 7.11 Å². The summed E-state index contributed by atoms with van der Waals surface area (Å²) in [7, 11) is 7.65. The standard InChI is InChI=1S/C14H31N3O2/c1-12(2)15-14(3,13(18)19-7)8-9-17(6)11-10-16(4)5/h12,15H,8-11H2,1-7H3. The van der Waals surface area contributed by atoms with Gasteiger partial charge in [-0.1, -0.05) is 0 Å². The summed E-state index contributed by atoms with van der Waals surface area (Å²) >= 11 is 0. The van der Waals surface area contributed by atoms with Crippen molar-refractivity contribution >= 4 is 5.97 Å². The van der Waals surface area contributed by atoms with Crippen LogP contribution < -0.4 is 5.32 Å². The van der Waals surface area contributed by atoms with Crippen molar-refractivity contribution in [3.63, 3.8) is 0 Å². The van der Waals surface area contributed by atoms with E-state index in [1.165, 1.54) is 7.11 Å². The number of esters is 1. The molecule has 0 fully saturated rings. The van der Waals surface area contributed by atoms with Crippen molar-refractivity contribution in [3.8, 4) is 0 Å². The Balaban J connectivity index is 4.37. The molecule has 0 saturated carbocycles. The van der Waals surface area contributed by atoms with E-state index in [1.807, 2.05) is 20.8 Å². The Morgan fingerprint density at radius 2 is 1.79 bits per heavy atom. The van der Waals surface area contributed by atoms with Crippen molar-refractivity contribution in [3.05, 3.63) is 0 Å². The average Bonchev–Trinajstić information content (AvgIpc) is 2.31. The highest BCUT2D eigenvalue weighted by Gasteiger charge is 2.34. The highest BCUT2D eigenvalue weighted by atomic mass is 16.5. The van der Waals surface area contributed by atoms with Gasteiger partial charge in [0.25, 0.3) is 0 Å². The molecule has 0 aromatic heterocycles. The number of hydrogen-bond donors (Lipinski definition) is 1. The highest BCUT2D eigenvalue weighted by molar-refractivity contribution is 5.80. The Morgan fingerprint density at radius 1 is 1.21 bits per heavy atom. The molecule has 0 spiro atoms. The van der Waals surface area contributed by atoms with Crippen LogP contribution in [0.2, 0.25) is 0 Å². The Morgan fingerprint density at radius 3 is 2.21 bits per heavy atom. The lowest BCUT2D eigenvalue weighted by atomic mass is 9.96. The van der Waals surface area contributed by atoms with E-state index < -0.39 is 5.54 Å². The van der Waals surface area contributed by atoms with Gasteiger partial charge in [-0.2, -0.15) is 0 Å². The minimum atomic E-state index is -0.616. The van der Waals surface area contributed by atoms with Crippen molar-refractivity contribution in [2.75, 3.05) is 47.9 Å². The summed E-state index contributed by atoms with van der Waals surface area (Å²) < 4.78 is 4.92. The third kappa shape index (κ3) is 7.50. The van der Waals surface area contributed by atoms with Gasteiger partial charge in [0, 0.05) is 25.7 Å². The van der Waals surface area contributed by atoms with Gasteiger partial charge in [0.1, 0.15) is 5.54 Å². The molecule has 0 aromatic rings. The maximum atomic E-state index is 11.9. The maximum absolute atomic E-state index is 11.9. The summed E-state index contributed by atoms with van der Waals surface area (Å²) in [5.74, 6) is -0.192. The highest BCUT2D eigenvalue weighted by Crippen LogP contribution is 2.14. The molecule has 0 aliphatic heterocycles. The minimum Gasteiger partial charge on any atom is -0.468 e. The summed E-state index contributed by atoms with van der Waals surface area (Å²) in [6.45, 7) is 8.86. The normalized spacial score (nSPS) is 15.1. The molecule has 0 heterocycles. The first-order valence-electron chi connectivity index (χ1n) is 6.90. The molecule has 0 amide bonds. The van der Waals surface area contributed by atoms with Crippen LogP contribution in [0.4, 0.5) is 0 Å². The average molecular weight is 273 g/mol. The van der Waals surface area contributed by atoms with E-state index in [2.05, 4.69) is 36.3 Å². The number of ether oxygens (including phenoxy) is 1. The van der Waals surface area contributed by atoms with Gasteiger partial charge in [-0.25, -0.2) is 0 Å². The van der Waals surface area contributed by atoms with Gasteiger partial charge in [-0.05, 0) is 48.3 Å². The van der Waals surface area contributed by atoms with Gasteiger partial charge in [0.15, 0.2) is 0 Å². The number of hydrogen-bond acceptors (Lipinski definition) is 5. The van der Waals surface area contributed by atoms with Gasteiger partial charge in [-0.15, -0.1) is 0 Å². The van der Waals surface area contributed by atoms with Crippen molar-refractivity contribution in [2.24, 2.45) is 0 Å². The van der Waals surface area contributed by atoms with E-state index in [-0.39, 0.29) is 12.0 Å². The van der Waals surface area contributed by atoms with Crippen LogP contribution in [0.1, 0.15) is 27.2 Å². The SMILES string of the molecule is COC(=O)C(C)(CCN(C)CCN(C)C)NC(C)C. The maximum Gasteiger partial charge on any atom is 0.325 e. The molecule has 19 heavy (non-hydrogen) atoms. The second kappa shape index (κ2) is 8.51. The van der Waals surface area contributed by atoms with Crippen molar-refractivity contribution < 1.29 is 9.53 Å². The van der Waals surface area contributed by atoms with E-state index in [9.17, 15) is 4.79 Å². The van der Waals surface area contributed by atoms with Crippen molar-refractivity contribution in [1.82, 2.24) is 15.1 Å². The van der Waals surface area contributed by atoms with Crippen LogP contribution in [0.5, 0.6) is 0 Å².